The number of methoxy groups -OCH3 is 4. The lowest BCUT2D eigenvalue weighted by molar-refractivity contribution is -0.174. The molecular weight excluding hydrogens is 717 g/mol. The number of rotatable bonds is 15. The fourth-order valence-electron chi connectivity index (χ4n) is 4.52. The van der Waals surface area contributed by atoms with E-state index in [0.717, 1.165) is 25.5 Å². The number of ether oxygens (including phenoxy) is 6. The van der Waals surface area contributed by atoms with Crippen molar-refractivity contribution in [3.8, 4) is 23.0 Å². The summed E-state index contributed by atoms with van der Waals surface area (Å²) in [7, 11) is 7.02. The fraction of sp³-hybridized carbons (Fsp3) is 0.595. The Labute approximate surface area is 316 Å². The first kappa shape index (κ1) is 49.4. The van der Waals surface area contributed by atoms with Crippen LogP contribution in [0.5, 0.6) is 23.0 Å². The van der Waals surface area contributed by atoms with E-state index in [1.165, 1.54) is 20.3 Å². The molecule has 17 heteroatoms. The Bertz CT molecular complexity index is 1430. The predicted molar refractivity (Wildman–Crippen MR) is 198 cm³/mol. The third-order valence-corrected chi connectivity index (χ3v) is 6.91. The highest BCUT2D eigenvalue weighted by molar-refractivity contribution is 5.82. The highest BCUT2D eigenvalue weighted by Gasteiger charge is 2.40. The van der Waals surface area contributed by atoms with E-state index in [2.05, 4.69) is 10.6 Å². The van der Waals surface area contributed by atoms with Crippen LogP contribution in [0.15, 0.2) is 36.4 Å². The number of nitrogens with one attached hydrogen (secondary N) is 3. The number of alkyl carbamates (subject to hydrolysis) is 2. The van der Waals surface area contributed by atoms with Crippen LogP contribution in [0, 0.1) is 0 Å². The third kappa shape index (κ3) is 20.0. The number of aliphatic hydroxyl groups is 1. The fourth-order valence-corrected chi connectivity index (χ4v) is 4.52. The van der Waals surface area contributed by atoms with Crippen molar-refractivity contribution < 1.29 is 61.1 Å². The Morgan fingerprint density at radius 1 is 0.667 bits per heavy atom. The van der Waals surface area contributed by atoms with Crippen molar-refractivity contribution in [2.45, 2.75) is 96.7 Å². The molecule has 0 unspecified atom stereocenters. The third-order valence-electron chi connectivity index (χ3n) is 6.91. The molecule has 2 atom stereocenters. The Hall–Kier alpha value is -4.64. The van der Waals surface area contributed by atoms with Gasteiger partial charge in [0, 0.05) is 26.2 Å². The average molecular weight is 777 g/mol. The van der Waals surface area contributed by atoms with Gasteiger partial charge < -0.3 is 55.2 Å². The largest absolute Gasteiger partial charge is 0.493 e. The van der Waals surface area contributed by atoms with Crippen molar-refractivity contribution in [1.29, 1.82) is 0 Å². The van der Waals surface area contributed by atoms with Gasteiger partial charge in [-0.2, -0.15) is 13.2 Å². The molecular formula is C37H59F3N4O10. The minimum Gasteiger partial charge on any atom is -0.493 e. The number of nitrogens with two attached hydrogens (primary N) is 1. The number of hydrogen-bond donors (Lipinski definition) is 5. The van der Waals surface area contributed by atoms with E-state index in [9.17, 15) is 27.6 Å². The smallest absolute Gasteiger partial charge is 0.471 e. The standard InChI is InChI=1S/C19H27F3N2O5.C17H28N2O4.CH4O/c1-18(2,3)29-17(26)23-10-6-7-13(24-16(25)19(20,21)22)12-8-9-14(27-4)15(11-12)28-5;1-17(2,3)23-16(20)19-10-6-7-13(18)12-8-9-14(21-4)15(11-12)22-5;1-2/h8-9,11,13H,6-7,10H2,1-5H3,(H,23,26)(H,24,25);8-9,11,13H,6-7,10,18H2,1-5H3,(H,19,20);2H,1H3/t2*13-;/m11./s1. The monoisotopic (exact) mass is 776 g/mol. The summed E-state index contributed by atoms with van der Waals surface area (Å²) in [6.45, 7) is 11.3. The Morgan fingerprint density at radius 3 is 1.44 bits per heavy atom. The average Bonchev–Trinajstić information content (AvgIpc) is 3.09. The molecule has 0 saturated carbocycles. The summed E-state index contributed by atoms with van der Waals surface area (Å²) in [5, 5.41) is 14.2. The summed E-state index contributed by atoms with van der Waals surface area (Å²) < 4.78 is 69.2. The lowest BCUT2D eigenvalue weighted by atomic mass is 10.0. The summed E-state index contributed by atoms with van der Waals surface area (Å²) >= 11 is 0. The molecule has 6 N–H and O–H groups in total. The number of carbonyl (C=O) groups excluding carboxylic acids is 3. The van der Waals surface area contributed by atoms with Crippen LogP contribution in [-0.2, 0) is 14.3 Å². The molecule has 0 spiro atoms. The van der Waals surface area contributed by atoms with Crippen LogP contribution in [-0.4, -0.2) is 89.2 Å². The minimum absolute atomic E-state index is 0.129. The molecule has 0 aromatic heterocycles. The van der Waals surface area contributed by atoms with Gasteiger partial charge in [0.25, 0.3) is 0 Å². The number of alkyl halides is 3. The van der Waals surface area contributed by atoms with Crippen molar-refractivity contribution in [3.63, 3.8) is 0 Å². The highest BCUT2D eigenvalue weighted by atomic mass is 19.4. The maximum absolute atomic E-state index is 12.7. The van der Waals surface area contributed by atoms with Crippen LogP contribution >= 0.6 is 0 Å². The topological polar surface area (TPSA) is 189 Å². The zero-order chi connectivity index (χ0) is 41.7. The van der Waals surface area contributed by atoms with Crippen molar-refractivity contribution in [2.24, 2.45) is 5.73 Å². The second kappa shape index (κ2) is 23.9. The van der Waals surface area contributed by atoms with Gasteiger partial charge in [-0.3, -0.25) is 4.79 Å². The van der Waals surface area contributed by atoms with Gasteiger partial charge in [-0.15, -0.1) is 0 Å². The molecule has 3 amide bonds. The van der Waals surface area contributed by atoms with Crippen molar-refractivity contribution in [2.75, 3.05) is 48.6 Å². The van der Waals surface area contributed by atoms with Crippen LogP contribution in [0.1, 0.15) is 90.4 Å². The first-order chi connectivity index (χ1) is 25.1. The lowest BCUT2D eigenvalue weighted by Gasteiger charge is -2.22. The van der Waals surface area contributed by atoms with Crippen LogP contribution < -0.4 is 40.6 Å². The number of halogens is 3. The van der Waals surface area contributed by atoms with Gasteiger partial charge in [-0.1, -0.05) is 12.1 Å². The van der Waals surface area contributed by atoms with Crippen molar-refractivity contribution in [3.05, 3.63) is 47.5 Å². The summed E-state index contributed by atoms with van der Waals surface area (Å²) in [5.41, 5.74) is 6.43. The Balaban J connectivity index is 0.00000102. The molecule has 0 aliphatic carbocycles. The van der Waals surface area contributed by atoms with E-state index in [1.807, 2.05) is 44.3 Å². The van der Waals surface area contributed by atoms with Crippen LogP contribution in [0.25, 0.3) is 0 Å². The van der Waals surface area contributed by atoms with Gasteiger partial charge in [0.15, 0.2) is 23.0 Å². The van der Waals surface area contributed by atoms with Gasteiger partial charge in [0.2, 0.25) is 0 Å². The molecule has 2 rings (SSSR count). The van der Waals surface area contributed by atoms with E-state index in [0.29, 0.717) is 41.5 Å². The number of amides is 3. The van der Waals surface area contributed by atoms with Gasteiger partial charge in [-0.05, 0) is 103 Å². The summed E-state index contributed by atoms with van der Waals surface area (Å²) in [6.07, 6.45) is -4.09. The van der Waals surface area contributed by atoms with Crippen LogP contribution in [0.4, 0.5) is 22.8 Å². The maximum Gasteiger partial charge on any atom is 0.471 e. The Morgan fingerprint density at radius 2 is 1.06 bits per heavy atom. The number of carbonyl (C=O) groups is 3. The molecule has 2 aromatic carbocycles. The van der Waals surface area contributed by atoms with Crippen LogP contribution in [0.2, 0.25) is 0 Å². The van der Waals surface area contributed by atoms with E-state index in [1.54, 1.807) is 47.1 Å². The molecule has 14 nitrogen and oxygen atoms in total. The molecule has 54 heavy (non-hydrogen) atoms. The van der Waals surface area contributed by atoms with Crippen molar-refractivity contribution >= 4 is 18.1 Å². The highest BCUT2D eigenvalue weighted by Crippen LogP contribution is 2.32. The Kier molecular flexibility index (Phi) is 21.9. The van der Waals surface area contributed by atoms with Gasteiger partial charge in [-0.25, -0.2) is 9.59 Å². The molecule has 2 aromatic rings. The molecule has 0 bridgehead atoms. The number of hydrogen-bond acceptors (Lipinski definition) is 11. The van der Waals surface area contributed by atoms with E-state index in [-0.39, 0.29) is 19.0 Å². The molecule has 0 fully saturated rings. The minimum atomic E-state index is -5.01. The molecule has 0 heterocycles. The molecule has 0 saturated heterocycles. The van der Waals surface area contributed by atoms with E-state index < -0.39 is 41.5 Å². The molecule has 308 valence electrons. The summed E-state index contributed by atoms with van der Waals surface area (Å²) in [5.74, 6) is 0.0200. The van der Waals surface area contributed by atoms with Crippen LogP contribution in [0.3, 0.4) is 0 Å². The number of aliphatic hydroxyl groups excluding tert-OH is 1. The number of benzene rings is 2. The van der Waals surface area contributed by atoms with Crippen molar-refractivity contribution in [1.82, 2.24) is 16.0 Å². The van der Waals surface area contributed by atoms with Gasteiger partial charge in [0.1, 0.15) is 11.2 Å². The molecule has 0 aliphatic heterocycles. The second-order valence-corrected chi connectivity index (χ2v) is 13.5. The zero-order valence-electron chi connectivity index (χ0n) is 33.2. The first-order valence-electron chi connectivity index (χ1n) is 17.1. The van der Waals surface area contributed by atoms with E-state index in [4.69, 9.17) is 39.3 Å². The van der Waals surface area contributed by atoms with Gasteiger partial charge in [0.05, 0.1) is 34.5 Å². The predicted octanol–water partition coefficient (Wildman–Crippen LogP) is 6.35. The first-order valence-corrected chi connectivity index (χ1v) is 17.1. The zero-order valence-corrected chi connectivity index (χ0v) is 33.2. The molecule has 0 radical (unpaired) electrons. The van der Waals surface area contributed by atoms with Gasteiger partial charge >= 0.3 is 24.3 Å². The summed E-state index contributed by atoms with van der Waals surface area (Å²) in [4.78, 5) is 34.6. The van der Waals surface area contributed by atoms with E-state index >= 15 is 0 Å². The SMILES string of the molecule is CO.COc1ccc([C@@H](CCCNC(=O)OC(C)(C)C)NC(=O)C(F)(F)F)cc1OC.COc1ccc([C@H](N)CCCNC(=O)OC(C)(C)C)cc1OC. The summed E-state index contributed by atoms with van der Waals surface area (Å²) in [6, 6.07) is 9.16. The second-order valence-electron chi connectivity index (χ2n) is 13.5. The lowest BCUT2D eigenvalue weighted by Crippen LogP contribution is -2.39. The quantitative estimate of drug-likeness (QED) is 0.127. The normalized spacial score (nSPS) is 12.2. The molecule has 0 aliphatic rings. The maximum atomic E-state index is 12.7.